The number of nitrogens with zero attached hydrogens (tertiary/aromatic N) is 1. The number of carbonyl (C=O) groups excluding carboxylic acids is 1. The van der Waals surface area contributed by atoms with Crippen LogP contribution in [0.25, 0.3) is 10.2 Å². The van der Waals surface area contributed by atoms with Gasteiger partial charge in [0.15, 0.2) is 5.13 Å². The van der Waals surface area contributed by atoms with Crippen LogP contribution < -0.4 is 5.32 Å². The zero-order chi connectivity index (χ0) is 16.2. The fourth-order valence-corrected chi connectivity index (χ4v) is 3.04. The highest BCUT2D eigenvalue weighted by atomic mass is 32.1. The van der Waals surface area contributed by atoms with Crippen LogP contribution in [0.15, 0.2) is 12.1 Å². The van der Waals surface area contributed by atoms with Gasteiger partial charge in [0.25, 0.3) is 0 Å². The molecule has 0 saturated heterocycles. The number of rotatable bonds is 7. The van der Waals surface area contributed by atoms with Crippen molar-refractivity contribution < 1.29 is 22.7 Å². The first-order valence-corrected chi connectivity index (χ1v) is 7.47. The van der Waals surface area contributed by atoms with Crippen LogP contribution in [0.1, 0.15) is 24.0 Å². The average molecular weight is 332 g/mol. The van der Waals surface area contributed by atoms with Crippen molar-refractivity contribution in [3.63, 3.8) is 0 Å². The number of halogens is 3. The van der Waals surface area contributed by atoms with E-state index in [9.17, 15) is 18.0 Å². The molecule has 0 spiro atoms. The summed E-state index contributed by atoms with van der Waals surface area (Å²) in [6, 6.07) is 2.21. The molecule has 120 valence electrons. The van der Waals surface area contributed by atoms with Gasteiger partial charge in [0.2, 0.25) is 6.41 Å². The maximum Gasteiger partial charge on any atom is 0.416 e. The zero-order valence-corrected chi connectivity index (χ0v) is 12.7. The lowest BCUT2D eigenvalue weighted by Gasteiger charge is -2.10. The van der Waals surface area contributed by atoms with Crippen molar-refractivity contribution >= 4 is 33.1 Å². The molecule has 0 aliphatic heterocycles. The highest BCUT2D eigenvalue weighted by Crippen LogP contribution is 2.36. The number of hydrogen-bond acceptors (Lipinski definition) is 4. The lowest BCUT2D eigenvalue weighted by Crippen LogP contribution is -2.06. The third-order valence-electron chi connectivity index (χ3n) is 3.13. The highest BCUT2D eigenvalue weighted by Gasteiger charge is 2.31. The standard InChI is InChI=1S/C14H15F3N2O2S/c1-21-5-3-2-4-9-6-10(14(15,16)17)7-11-12(9)19-13(22-11)18-8-20/h6-8H,2-5H2,1H3,(H,18,19,20). The number of aromatic nitrogens is 1. The van der Waals surface area contributed by atoms with E-state index in [4.69, 9.17) is 4.74 Å². The molecule has 0 aliphatic carbocycles. The zero-order valence-electron chi connectivity index (χ0n) is 11.9. The molecule has 2 rings (SSSR count). The number of amides is 1. The Balaban J connectivity index is 2.38. The summed E-state index contributed by atoms with van der Waals surface area (Å²) >= 11 is 1.03. The van der Waals surface area contributed by atoms with Gasteiger partial charge >= 0.3 is 6.18 Å². The van der Waals surface area contributed by atoms with Crippen molar-refractivity contribution in [3.05, 3.63) is 23.3 Å². The average Bonchev–Trinajstić information content (AvgIpc) is 2.85. The Hall–Kier alpha value is -1.67. The fourth-order valence-electron chi connectivity index (χ4n) is 2.13. The van der Waals surface area contributed by atoms with Gasteiger partial charge < -0.3 is 10.1 Å². The molecule has 0 radical (unpaired) electrons. The molecular formula is C14H15F3N2O2S. The quantitative estimate of drug-likeness (QED) is 0.619. The van der Waals surface area contributed by atoms with Gasteiger partial charge in [0, 0.05) is 13.7 Å². The Kier molecular flexibility index (Phi) is 5.36. The summed E-state index contributed by atoms with van der Waals surface area (Å²) in [4.78, 5) is 14.7. The number of nitrogens with one attached hydrogen (secondary N) is 1. The fraction of sp³-hybridized carbons (Fsp3) is 0.429. The first-order chi connectivity index (χ1) is 10.5. The Morgan fingerprint density at radius 1 is 1.36 bits per heavy atom. The molecule has 0 aliphatic rings. The Labute approximate surface area is 129 Å². The van der Waals surface area contributed by atoms with Gasteiger partial charge in [-0.05, 0) is 37.0 Å². The van der Waals surface area contributed by atoms with E-state index >= 15 is 0 Å². The summed E-state index contributed by atoms with van der Waals surface area (Å²) in [5.41, 5.74) is 0.360. The third-order valence-corrected chi connectivity index (χ3v) is 4.06. The SMILES string of the molecule is COCCCCc1cc(C(F)(F)F)cc2sc(NC=O)nc12. The Bertz CT molecular complexity index is 655. The van der Waals surface area contributed by atoms with Crippen LogP contribution in [-0.2, 0) is 22.1 Å². The molecule has 1 aromatic heterocycles. The van der Waals surface area contributed by atoms with Gasteiger partial charge in [-0.3, -0.25) is 4.79 Å². The molecule has 0 unspecified atom stereocenters. The predicted octanol–water partition coefficient (Wildman–Crippen LogP) is 3.85. The number of ether oxygens (including phenoxy) is 1. The number of fused-ring (bicyclic) bond motifs is 1. The van der Waals surface area contributed by atoms with Crippen molar-refractivity contribution in [2.45, 2.75) is 25.4 Å². The van der Waals surface area contributed by atoms with Crippen molar-refractivity contribution in [2.24, 2.45) is 0 Å². The maximum absolute atomic E-state index is 13.0. The van der Waals surface area contributed by atoms with Crippen LogP contribution in [0.5, 0.6) is 0 Å². The molecule has 4 nitrogen and oxygen atoms in total. The van der Waals surface area contributed by atoms with Crippen LogP contribution in [0.3, 0.4) is 0 Å². The minimum Gasteiger partial charge on any atom is -0.385 e. The molecule has 22 heavy (non-hydrogen) atoms. The minimum atomic E-state index is -4.41. The molecular weight excluding hydrogens is 317 g/mol. The molecule has 0 fully saturated rings. The molecule has 1 heterocycles. The van der Waals surface area contributed by atoms with E-state index in [1.165, 1.54) is 0 Å². The third kappa shape index (κ3) is 3.95. The number of methoxy groups -OCH3 is 1. The topological polar surface area (TPSA) is 51.2 Å². The van der Waals surface area contributed by atoms with Gasteiger partial charge in [-0.25, -0.2) is 4.98 Å². The second-order valence-corrected chi connectivity index (χ2v) is 5.74. The van der Waals surface area contributed by atoms with Gasteiger partial charge in [-0.15, -0.1) is 0 Å². The normalized spacial score (nSPS) is 11.8. The molecule has 1 N–H and O–H groups in total. The lowest BCUT2D eigenvalue weighted by atomic mass is 10.0. The van der Waals surface area contributed by atoms with E-state index in [2.05, 4.69) is 10.3 Å². The van der Waals surface area contributed by atoms with Crippen LogP contribution in [-0.4, -0.2) is 25.1 Å². The molecule has 2 aromatic rings. The first kappa shape index (κ1) is 16.7. The number of alkyl halides is 3. The van der Waals surface area contributed by atoms with Crippen molar-refractivity contribution in [3.8, 4) is 0 Å². The summed E-state index contributed by atoms with van der Waals surface area (Å²) in [7, 11) is 1.58. The number of hydrogen-bond donors (Lipinski definition) is 1. The minimum absolute atomic E-state index is 0.294. The molecule has 0 saturated carbocycles. The molecule has 1 aromatic carbocycles. The Morgan fingerprint density at radius 2 is 2.14 bits per heavy atom. The number of unbranched alkanes of at least 4 members (excludes halogenated alkanes) is 1. The lowest BCUT2D eigenvalue weighted by molar-refractivity contribution is -0.137. The second kappa shape index (κ2) is 7.06. The summed E-state index contributed by atoms with van der Waals surface area (Å²) in [5.74, 6) is 0. The number of aryl methyl sites for hydroxylation is 1. The molecule has 0 bridgehead atoms. The van der Waals surface area contributed by atoms with E-state index in [0.717, 1.165) is 29.9 Å². The van der Waals surface area contributed by atoms with Crippen LogP contribution in [0, 0.1) is 0 Å². The van der Waals surface area contributed by atoms with E-state index < -0.39 is 11.7 Å². The van der Waals surface area contributed by atoms with Crippen molar-refractivity contribution in [2.75, 3.05) is 19.0 Å². The van der Waals surface area contributed by atoms with E-state index in [1.54, 1.807) is 7.11 Å². The molecule has 8 heteroatoms. The van der Waals surface area contributed by atoms with Gasteiger partial charge in [0.05, 0.1) is 15.8 Å². The Morgan fingerprint density at radius 3 is 2.77 bits per heavy atom. The molecule has 0 atom stereocenters. The summed E-state index contributed by atoms with van der Waals surface area (Å²) in [6.45, 7) is 0.567. The summed E-state index contributed by atoms with van der Waals surface area (Å²) in [6.07, 6.45) is -2.00. The van der Waals surface area contributed by atoms with Crippen LogP contribution in [0.4, 0.5) is 18.3 Å². The summed E-state index contributed by atoms with van der Waals surface area (Å²) in [5, 5.41) is 2.68. The number of thiazole rings is 1. The highest BCUT2D eigenvalue weighted by molar-refractivity contribution is 7.22. The molecule has 1 amide bonds. The van der Waals surface area contributed by atoms with E-state index in [-0.39, 0.29) is 0 Å². The number of carbonyl (C=O) groups is 1. The number of anilines is 1. The van der Waals surface area contributed by atoms with Crippen molar-refractivity contribution in [1.29, 1.82) is 0 Å². The van der Waals surface area contributed by atoms with Crippen LogP contribution >= 0.6 is 11.3 Å². The largest absolute Gasteiger partial charge is 0.416 e. The monoisotopic (exact) mass is 332 g/mol. The predicted molar refractivity (Wildman–Crippen MR) is 79.1 cm³/mol. The number of benzene rings is 1. The smallest absolute Gasteiger partial charge is 0.385 e. The van der Waals surface area contributed by atoms with E-state index in [0.29, 0.717) is 46.8 Å². The van der Waals surface area contributed by atoms with Crippen molar-refractivity contribution in [1.82, 2.24) is 4.98 Å². The first-order valence-electron chi connectivity index (χ1n) is 6.65. The van der Waals surface area contributed by atoms with Gasteiger partial charge in [0.1, 0.15) is 0 Å². The van der Waals surface area contributed by atoms with Crippen LogP contribution in [0.2, 0.25) is 0 Å². The van der Waals surface area contributed by atoms with Gasteiger partial charge in [-0.1, -0.05) is 11.3 Å². The van der Waals surface area contributed by atoms with E-state index in [1.807, 2.05) is 0 Å². The maximum atomic E-state index is 13.0. The summed E-state index contributed by atoms with van der Waals surface area (Å²) < 4.78 is 44.3. The second-order valence-electron chi connectivity index (χ2n) is 4.71. The van der Waals surface area contributed by atoms with Gasteiger partial charge in [-0.2, -0.15) is 13.2 Å².